The monoisotopic (exact) mass is 407 g/mol. The van der Waals surface area contributed by atoms with Gasteiger partial charge in [0.05, 0.1) is 17.1 Å². The first-order chi connectivity index (χ1) is 12.9. The number of benzene rings is 2. The molecule has 0 saturated carbocycles. The number of rotatable bonds is 5. The molecule has 1 heterocycles. The Morgan fingerprint density at radius 1 is 1.33 bits per heavy atom. The number of non-ortho nitro benzene ring substituents is 1. The molecule has 27 heavy (non-hydrogen) atoms. The summed E-state index contributed by atoms with van der Waals surface area (Å²) < 4.78 is 10.5. The van der Waals surface area contributed by atoms with Gasteiger partial charge in [0.2, 0.25) is 5.89 Å². The molecule has 0 aliphatic heterocycles. The summed E-state index contributed by atoms with van der Waals surface area (Å²) in [6.07, 6.45) is 1.50. The molecule has 1 N–H and O–H groups in total. The van der Waals surface area contributed by atoms with Crippen LogP contribution in [0.25, 0.3) is 22.6 Å². The van der Waals surface area contributed by atoms with Crippen LogP contribution in [-0.2, 0) is 0 Å². The van der Waals surface area contributed by atoms with Crippen LogP contribution < -0.4 is 4.74 Å². The van der Waals surface area contributed by atoms with E-state index < -0.39 is 4.92 Å². The van der Waals surface area contributed by atoms with E-state index in [1.165, 1.54) is 43.5 Å². The van der Waals surface area contributed by atoms with Gasteiger partial charge >= 0.3 is 0 Å². The maximum Gasteiger partial charge on any atom is 0.270 e. The van der Waals surface area contributed by atoms with Gasteiger partial charge in [-0.3, -0.25) is 10.1 Å². The van der Waals surface area contributed by atoms with E-state index in [-0.39, 0.29) is 39.0 Å². The predicted molar refractivity (Wildman–Crippen MR) is 99.8 cm³/mol. The Bertz CT molecular complexity index is 1050. The first kappa shape index (κ1) is 18.7. The smallest absolute Gasteiger partial charge is 0.270 e. The maximum absolute atomic E-state index is 10.9. The number of aromatic hydroxyl groups is 1. The highest BCUT2D eigenvalue weighted by atomic mass is 35.5. The molecule has 0 spiro atoms. The van der Waals surface area contributed by atoms with Crippen LogP contribution in [0.5, 0.6) is 11.5 Å². The standard InChI is InChI=1S/C17H11Cl2N3O5/c1-26-14-7-9(5-12(18)15(14)23)6-13(19)17-21-20-16(27-17)10-3-2-4-11(8-10)22(24)25/h2-8,23H,1H3/b13-6-. The van der Waals surface area contributed by atoms with E-state index in [0.717, 1.165) is 0 Å². The van der Waals surface area contributed by atoms with Gasteiger partial charge in [-0.2, -0.15) is 0 Å². The Balaban J connectivity index is 1.92. The zero-order chi connectivity index (χ0) is 19.6. The molecule has 2 aromatic carbocycles. The normalized spacial score (nSPS) is 11.4. The number of nitro benzene ring substituents is 1. The highest BCUT2D eigenvalue weighted by Crippen LogP contribution is 2.36. The maximum atomic E-state index is 10.9. The summed E-state index contributed by atoms with van der Waals surface area (Å²) in [6, 6.07) is 8.81. The minimum Gasteiger partial charge on any atom is -0.503 e. The second-order valence-electron chi connectivity index (χ2n) is 5.27. The lowest BCUT2D eigenvalue weighted by molar-refractivity contribution is -0.384. The van der Waals surface area contributed by atoms with Crippen LogP contribution in [-0.4, -0.2) is 27.3 Å². The second-order valence-corrected chi connectivity index (χ2v) is 6.08. The number of methoxy groups -OCH3 is 1. The highest BCUT2D eigenvalue weighted by Gasteiger charge is 2.15. The SMILES string of the molecule is COc1cc(/C=C(\Cl)c2nnc(-c3cccc([N+](=O)[O-])c3)o2)cc(Cl)c1O. The van der Waals surface area contributed by atoms with E-state index in [0.29, 0.717) is 11.1 Å². The minimum atomic E-state index is -0.518. The van der Waals surface area contributed by atoms with Crippen molar-refractivity contribution >= 4 is 40.0 Å². The van der Waals surface area contributed by atoms with Gasteiger partial charge in [0, 0.05) is 17.7 Å². The second kappa shape index (κ2) is 7.65. The van der Waals surface area contributed by atoms with Gasteiger partial charge in [-0.25, -0.2) is 0 Å². The van der Waals surface area contributed by atoms with Gasteiger partial charge in [-0.1, -0.05) is 29.3 Å². The van der Waals surface area contributed by atoms with Crippen molar-refractivity contribution in [2.24, 2.45) is 0 Å². The molecular formula is C17H11Cl2N3O5. The topological polar surface area (TPSA) is 112 Å². The third kappa shape index (κ3) is 4.02. The van der Waals surface area contributed by atoms with Crippen molar-refractivity contribution in [3.63, 3.8) is 0 Å². The van der Waals surface area contributed by atoms with Gasteiger partial charge < -0.3 is 14.3 Å². The van der Waals surface area contributed by atoms with E-state index in [9.17, 15) is 15.2 Å². The van der Waals surface area contributed by atoms with Gasteiger partial charge in [0.25, 0.3) is 11.6 Å². The summed E-state index contributed by atoms with van der Waals surface area (Å²) in [5.74, 6) is 0.0992. The molecule has 0 aliphatic rings. The number of halogens is 2. The summed E-state index contributed by atoms with van der Waals surface area (Å²) in [6.45, 7) is 0. The zero-order valence-corrected chi connectivity index (χ0v) is 15.2. The molecule has 0 amide bonds. The van der Waals surface area contributed by atoms with E-state index in [1.807, 2.05) is 0 Å². The summed E-state index contributed by atoms with van der Waals surface area (Å²) in [5.41, 5.74) is 0.830. The molecule has 0 unspecified atom stereocenters. The Morgan fingerprint density at radius 2 is 2.11 bits per heavy atom. The summed E-state index contributed by atoms with van der Waals surface area (Å²) in [4.78, 5) is 10.4. The van der Waals surface area contributed by atoms with E-state index in [2.05, 4.69) is 10.2 Å². The molecule has 0 atom stereocenters. The van der Waals surface area contributed by atoms with E-state index >= 15 is 0 Å². The highest BCUT2D eigenvalue weighted by molar-refractivity contribution is 6.50. The fourth-order valence-electron chi connectivity index (χ4n) is 2.23. The Hall–Kier alpha value is -3.10. The van der Waals surface area contributed by atoms with Crippen LogP contribution in [0.2, 0.25) is 5.02 Å². The molecule has 3 rings (SSSR count). The van der Waals surface area contributed by atoms with Gasteiger partial charge in [0.1, 0.15) is 5.03 Å². The number of hydrogen-bond acceptors (Lipinski definition) is 7. The number of hydrogen-bond donors (Lipinski definition) is 1. The average Bonchev–Trinajstić information content (AvgIpc) is 3.15. The largest absolute Gasteiger partial charge is 0.503 e. The van der Waals surface area contributed by atoms with Crippen LogP contribution in [0.3, 0.4) is 0 Å². The third-order valence-corrected chi connectivity index (χ3v) is 4.06. The average molecular weight is 408 g/mol. The molecule has 10 heteroatoms. The van der Waals surface area contributed by atoms with Crippen molar-refractivity contribution in [2.75, 3.05) is 7.11 Å². The Morgan fingerprint density at radius 3 is 2.81 bits per heavy atom. The fourth-order valence-corrected chi connectivity index (χ4v) is 2.65. The van der Waals surface area contributed by atoms with Crippen molar-refractivity contribution in [3.8, 4) is 23.0 Å². The number of nitro groups is 1. The molecule has 138 valence electrons. The Kier molecular flexibility index (Phi) is 5.29. The number of phenols is 1. The molecule has 8 nitrogen and oxygen atoms in total. The van der Waals surface area contributed by atoms with E-state index in [4.69, 9.17) is 32.4 Å². The van der Waals surface area contributed by atoms with Gasteiger partial charge in [-0.15, -0.1) is 10.2 Å². The fraction of sp³-hybridized carbons (Fsp3) is 0.0588. The number of phenolic OH excluding ortho intramolecular Hbond substituents is 1. The van der Waals surface area contributed by atoms with Crippen LogP contribution in [0.15, 0.2) is 40.8 Å². The number of ether oxygens (including phenoxy) is 1. The number of nitrogens with zero attached hydrogens (tertiary/aromatic N) is 3. The molecular weight excluding hydrogens is 397 g/mol. The number of aromatic nitrogens is 2. The van der Waals surface area contributed by atoms with Crippen LogP contribution in [0.1, 0.15) is 11.5 Å². The van der Waals surface area contributed by atoms with Crippen molar-refractivity contribution in [3.05, 3.63) is 63.0 Å². The molecule has 0 aliphatic carbocycles. The first-order valence-corrected chi connectivity index (χ1v) is 8.17. The quantitative estimate of drug-likeness (QED) is 0.479. The Labute approximate surface area is 162 Å². The first-order valence-electron chi connectivity index (χ1n) is 7.41. The van der Waals surface area contributed by atoms with Gasteiger partial charge in [-0.05, 0) is 29.8 Å². The lowest BCUT2D eigenvalue weighted by Crippen LogP contribution is -1.88. The summed E-state index contributed by atoms with van der Waals surface area (Å²) in [5, 5.41) is 28.5. The van der Waals surface area contributed by atoms with Gasteiger partial charge in [0.15, 0.2) is 11.5 Å². The molecule has 0 bridgehead atoms. The van der Waals surface area contributed by atoms with Crippen molar-refractivity contribution in [1.29, 1.82) is 0 Å². The lowest BCUT2D eigenvalue weighted by Gasteiger charge is -2.06. The molecule has 3 aromatic rings. The van der Waals surface area contributed by atoms with Crippen molar-refractivity contribution < 1.29 is 19.2 Å². The van der Waals surface area contributed by atoms with Crippen LogP contribution in [0, 0.1) is 10.1 Å². The third-order valence-electron chi connectivity index (χ3n) is 3.50. The summed E-state index contributed by atoms with van der Waals surface area (Å²) in [7, 11) is 1.39. The zero-order valence-electron chi connectivity index (χ0n) is 13.7. The molecule has 1 aromatic heterocycles. The van der Waals surface area contributed by atoms with E-state index in [1.54, 1.807) is 6.07 Å². The molecule has 0 fully saturated rings. The van der Waals surface area contributed by atoms with Crippen molar-refractivity contribution in [2.45, 2.75) is 0 Å². The minimum absolute atomic E-state index is 0.0151. The van der Waals surface area contributed by atoms with Crippen LogP contribution in [0.4, 0.5) is 5.69 Å². The van der Waals surface area contributed by atoms with Crippen molar-refractivity contribution in [1.82, 2.24) is 10.2 Å². The predicted octanol–water partition coefficient (Wildman–Crippen LogP) is 4.75. The van der Waals surface area contributed by atoms with Crippen LogP contribution >= 0.6 is 23.2 Å². The summed E-state index contributed by atoms with van der Waals surface area (Å²) >= 11 is 12.2. The molecule has 0 radical (unpaired) electrons. The molecule has 0 saturated heterocycles. The lowest BCUT2D eigenvalue weighted by atomic mass is 10.2.